The molecule has 1 fully saturated rings. The van der Waals surface area contributed by atoms with Crippen molar-refractivity contribution in [1.82, 2.24) is 0 Å². The van der Waals surface area contributed by atoms with Gasteiger partial charge in [-0.2, -0.15) is 0 Å². The molecule has 0 heteroatoms. The summed E-state index contributed by atoms with van der Waals surface area (Å²) in [5, 5.41) is 0. The molecule has 1 aliphatic carbocycles. The van der Waals surface area contributed by atoms with E-state index in [2.05, 4.69) is 81.4 Å². The van der Waals surface area contributed by atoms with E-state index in [1.807, 2.05) is 0 Å². The van der Waals surface area contributed by atoms with E-state index >= 15 is 0 Å². The molecule has 0 radical (unpaired) electrons. The highest BCUT2D eigenvalue weighted by molar-refractivity contribution is 5.12. The fourth-order valence-electron chi connectivity index (χ4n) is 10.6. The van der Waals surface area contributed by atoms with Crippen LogP contribution in [0, 0.1) is 46.3 Å². The Morgan fingerprint density at radius 2 is 1.17 bits per heavy atom. The molecule has 42 heavy (non-hydrogen) atoms. The summed E-state index contributed by atoms with van der Waals surface area (Å²) < 4.78 is 0. The van der Waals surface area contributed by atoms with Gasteiger partial charge in [0.2, 0.25) is 0 Å². The quantitative estimate of drug-likeness (QED) is 0.149. The Morgan fingerprint density at radius 3 is 1.64 bits per heavy atom. The monoisotopic (exact) mass is 587 g/mol. The van der Waals surface area contributed by atoms with Crippen LogP contribution in [0.25, 0.3) is 0 Å². The van der Waals surface area contributed by atoms with E-state index in [0.717, 1.165) is 35.5 Å². The first kappa shape index (κ1) is 39.8. The van der Waals surface area contributed by atoms with Gasteiger partial charge in [0.1, 0.15) is 0 Å². The van der Waals surface area contributed by atoms with Crippen LogP contribution >= 0.6 is 0 Å². The fraction of sp³-hybridized carbons (Fsp3) is 0.952. The molecule has 1 saturated carbocycles. The maximum atomic E-state index is 2.74. The van der Waals surface area contributed by atoms with Gasteiger partial charge in [0.05, 0.1) is 0 Å². The van der Waals surface area contributed by atoms with Gasteiger partial charge in [0.25, 0.3) is 0 Å². The minimum Gasteiger partial charge on any atom is -0.0911 e. The summed E-state index contributed by atoms with van der Waals surface area (Å²) in [5.74, 6) is 5.31. The van der Waals surface area contributed by atoms with E-state index in [0.29, 0.717) is 10.8 Å². The molecule has 0 aromatic heterocycles. The van der Waals surface area contributed by atoms with E-state index in [1.54, 1.807) is 0 Å². The van der Waals surface area contributed by atoms with E-state index in [-0.39, 0.29) is 0 Å². The third-order valence-electron chi connectivity index (χ3n) is 12.5. The van der Waals surface area contributed by atoms with Crippen molar-refractivity contribution in [2.45, 2.75) is 210 Å². The van der Waals surface area contributed by atoms with Gasteiger partial charge < -0.3 is 0 Å². The highest BCUT2D eigenvalue weighted by atomic mass is 14.6. The summed E-state index contributed by atoms with van der Waals surface area (Å²) >= 11 is 0. The zero-order valence-electron chi connectivity index (χ0n) is 31.2. The normalized spacial score (nSPS) is 25.4. The molecule has 0 N–H and O–H groups in total. The molecule has 7 unspecified atom stereocenters. The van der Waals surface area contributed by atoms with Gasteiger partial charge in [0, 0.05) is 0 Å². The van der Waals surface area contributed by atoms with E-state index < -0.39 is 0 Å². The molecule has 0 nitrogen and oxygen atoms in total. The van der Waals surface area contributed by atoms with E-state index in [9.17, 15) is 0 Å². The average molecular weight is 587 g/mol. The van der Waals surface area contributed by atoms with Crippen LogP contribution in [-0.4, -0.2) is 0 Å². The molecule has 0 aromatic rings. The number of rotatable bonds is 17. The fourth-order valence-corrected chi connectivity index (χ4v) is 10.6. The van der Waals surface area contributed by atoms with Gasteiger partial charge in [0.15, 0.2) is 0 Å². The Kier molecular flexibility index (Phi) is 21.1. The third-order valence-corrected chi connectivity index (χ3v) is 12.5. The van der Waals surface area contributed by atoms with Crippen molar-refractivity contribution < 1.29 is 0 Å². The largest absolute Gasteiger partial charge is 0.0911 e. The third kappa shape index (κ3) is 11.9. The molecule has 250 valence electrons. The second-order valence-electron chi connectivity index (χ2n) is 15.8. The summed E-state index contributed by atoms with van der Waals surface area (Å²) in [6.07, 6.45) is 36.6. The molecule has 7 atom stereocenters. The van der Waals surface area contributed by atoms with Gasteiger partial charge in [-0.05, 0) is 98.2 Å². The second-order valence-corrected chi connectivity index (χ2v) is 15.8. The Labute approximate surface area is 268 Å². The molecule has 0 aliphatic heterocycles. The van der Waals surface area contributed by atoms with Crippen LogP contribution in [0.1, 0.15) is 210 Å². The molecule has 1 aliphatic rings. The van der Waals surface area contributed by atoms with Gasteiger partial charge in [-0.15, -0.1) is 0 Å². The highest BCUT2D eigenvalue weighted by Gasteiger charge is 2.52. The Bertz CT molecular complexity index is 659. The minimum atomic E-state index is 0.345. The lowest BCUT2D eigenvalue weighted by Crippen LogP contribution is -2.49. The van der Waals surface area contributed by atoms with Gasteiger partial charge in [-0.25, -0.2) is 0 Å². The van der Waals surface area contributed by atoms with Crippen LogP contribution in [-0.2, 0) is 0 Å². The van der Waals surface area contributed by atoms with Crippen LogP contribution in [0.4, 0.5) is 0 Å². The number of hydrogen-bond acceptors (Lipinski definition) is 0. The first-order valence-electron chi connectivity index (χ1n) is 19.8. The van der Waals surface area contributed by atoms with Gasteiger partial charge in [-0.1, -0.05) is 171 Å². The van der Waals surface area contributed by atoms with Crippen molar-refractivity contribution in [2.75, 3.05) is 0 Å². The van der Waals surface area contributed by atoms with Crippen LogP contribution < -0.4 is 0 Å². The van der Waals surface area contributed by atoms with Gasteiger partial charge >= 0.3 is 0 Å². The summed E-state index contributed by atoms with van der Waals surface area (Å²) in [7, 11) is 0. The molecule has 0 bridgehead atoms. The zero-order valence-corrected chi connectivity index (χ0v) is 31.2. The van der Waals surface area contributed by atoms with Gasteiger partial charge in [-0.3, -0.25) is 0 Å². The van der Waals surface area contributed by atoms with Crippen LogP contribution in [0.15, 0.2) is 12.2 Å². The lowest BCUT2D eigenvalue weighted by Gasteiger charge is -2.56. The van der Waals surface area contributed by atoms with Crippen LogP contribution in [0.2, 0.25) is 0 Å². The predicted molar refractivity (Wildman–Crippen MR) is 193 cm³/mol. The topological polar surface area (TPSA) is 0 Å². The van der Waals surface area contributed by atoms with Crippen molar-refractivity contribution in [3.05, 3.63) is 12.2 Å². The summed E-state index contributed by atoms with van der Waals surface area (Å²) in [4.78, 5) is 0. The smallest absolute Gasteiger partial charge is 0.00340 e. The van der Waals surface area contributed by atoms with Crippen molar-refractivity contribution in [3.8, 4) is 0 Å². The molecular weight excluding hydrogens is 504 g/mol. The van der Waals surface area contributed by atoms with Crippen molar-refractivity contribution in [2.24, 2.45) is 46.3 Å². The van der Waals surface area contributed by atoms with Crippen molar-refractivity contribution in [1.29, 1.82) is 0 Å². The van der Waals surface area contributed by atoms with Crippen molar-refractivity contribution in [3.63, 3.8) is 0 Å². The molecule has 1 rings (SSSR count). The van der Waals surface area contributed by atoms with Crippen molar-refractivity contribution >= 4 is 0 Å². The Morgan fingerprint density at radius 1 is 0.619 bits per heavy atom. The second kappa shape index (κ2) is 22.3. The Hall–Kier alpha value is -0.260. The van der Waals surface area contributed by atoms with E-state index in [1.165, 1.54) is 141 Å². The molecule has 0 aromatic carbocycles. The van der Waals surface area contributed by atoms with Crippen LogP contribution in [0.3, 0.4) is 0 Å². The lowest BCUT2D eigenvalue weighted by molar-refractivity contribution is -0.0441. The van der Waals surface area contributed by atoms with E-state index in [4.69, 9.17) is 0 Å². The molecular formula is C42H82. The standard InChI is InChI=1S/C42H82/c1-11-25-36(9)33-37(10)34-39(26-12-2)38-27-21-18-17-19-23-29-40(30-24-20-22-28-38)42(16-6,32-14-4)41(15-5,31-13-3)35(7)8/h14,32,35-40H,11-13,15-31,33-34H2,1-10H3. The average Bonchev–Trinajstić information content (AvgIpc) is 2.95. The zero-order chi connectivity index (χ0) is 31.4. The molecule has 0 spiro atoms. The SMILES string of the molecule is CC=CC(CC)(C1CCCCCCCC(C(CCC)CC(C)CC(C)CCC)CCCCC1)C(CC)(CCC)C(C)C. The van der Waals surface area contributed by atoms with Crippen LogP contribution in [0.5, 0.6) is 0 Å². The lowest BCUT2D eigenvalue weighted by atomic mass is 9.48. The molecule has 0 heterocycles. The first-order valence-corrected chi connectivity index (χ1v) is 19.8. The first-order chi connectivity index (χ1) is 20.2. The Balaban J connectivity index is 3.11. The molecule has 0 saturated heterocycles. The minimum absolute atomic E-state index is 0.345. The number of hydrogen-bond donors (Lipinski definition) is 0. The number of allylic oxidation sites excluding steroid dienone is 2. The molecule has 0 amide bonds. The summed E-state index contributed by atoms with van der Waals surface area (Å²) in [5.41, 5.74) is 0.764. The summed E-state index contributed by atoms with van der Waals surface area (Å²) in [6.45, 7) is 24.8. The maximum absolute atomic E-state index is 2.74. The maximum Gasteiger partial charge on any atom is -0.00340 e. The highest BCUT2D eigenvalue weighted by Crippen LogP contribution is 2.60. The predicted octanol–water partition coefficient (Wildman–Crippen LogP) is 15.0. The summed E-state index contributed by atoms with van der Waals surface area (Å²) in [6, 6.07) is 0.